The molecule has 0 aromatic heterocycles. The number of amides is 2. The Hall–Kier alpha value is -5.68. The Bertz CT molecular complexity index is 2080. The van der Waals surface area contributed by atoms with Crippen LogP contribution in [0.4, 0.5) is 11.4 Å². The van der Waals surface area contributed by atoms with Crippen molar-refractivity contribution in [2.75, 3.05) is 10.6 Å². The fourth-order valence-electron chi connectivity index (χ4n) is 6.55. The van der Waals surface area contributed by atoms with E-state index in [9.17, 15) is 9.59 Å². The van der Waals surface area contributed by atoms with Crippen molar-refractivity contribution in [3.8, 4) is 11.1 Å². The van der Waals surface area contributed by atoms with E-state index in [-0.39, 0.29) is 11.8 Å². The number of rotatable bonds is 8. The van der Waals surface area contributed by atoms with Crippen molar-refractivity contribution in [3.63, 3.8) is 0 Å². The predicted octanol–water partition coefficient (Wildman–Crippen LogP) is 10.7. The lowest BCUT2D eigenvalue weighted by Gasteiger charge is -2.34. The van der Waals surface area contributed by atoms with Crippen LogP contribution < -0.4 is 10.6 Å². The number of benzene rings is 6. The van der Waals surface area contributed by atoms with Gasteiger partial charge in [0.25, 0.3) is 0 Å². The Morgan fingerprint density at radius 3 is 1.24 bits per heavy atom. The van der Waals surface area contributed by atoms with E-state index in [0.29, 0.717) is 21.4 Å². The molecule has 0 heterocycles. The van der Waals surface area contributed by atoms with E-state index in [0.717, 1.165) is 33.4 Å². The average molecular weight is 678 g/mol. The first kappa shape index (κ1) is 31.9. The minimum atomic E-state index is -0.633. The Kier molecular flexibility index (Phi) is 8.99. The summed E-state index contributed by atoms with van der Waals surface area (Å²) in [4.78, 5) is 25.6. The summed E-state index contributed by atoms with van der Waals surface area (Å²) in [6, 6.07) is 47.7. The molecule has 1 aliphatic rings. The molecule has 4 nitrogen and oxygen atoms in total. The van der Waals surface area contributed by atoms with Crippen molar-refractivity contribution in [3.05, 3.63) is 201 Å². The van der Waals surface area contributed by atoms with Crippen LogP contribution in [0.25, 0.3) is 23.3 Å². The molecule has 6 aromatic carbocycles. The van der Waals surface area contributed by atoms with E-state index in [1.165, 1.54) is 23.3 Å². The number of hydrogen-bond donors (Lipinski definition) is 2. The molecule has 0 unspecified atom stereocenters. The summed E-state index contributed by atoms with van der Waals surface area (Å²) < 4.78 is 0. The Labute approximate surface area is 295 Å². The van der Waals surface area contributed by atoms with Crippen molar-refractivity contribution >= 4 is 58.5 Å². The first-order valence-electron chi connectivity index (χ1n) is 15.8. The number of halogens is 2. The topological polar surface area (TPSA) is 58.2 Å². The zero-order valence-electron chi connectivity index (χ0n) is 26.2. The number of carbonyl (C=O) groups excluding carboxylic acids is 2. The highest BCUT2D eigenvalue weighted by Gasteiger charge is 2.45. The van der Waals surface area contributed by atoms with Crippen molar-refractivity contribution in [1.82, 2.24) is 0 Å². The second-order valence-electron chi connectivity index (χ2n) is 11.7. The van der Waals surface area contributed by atoms with Crippen LogP contribution in [0, 0.1) is 0 Å². The van der Waals surface area contributed by atoms with E-state index in [4.69, 9.17) is 23.2 Å². The molecule has 0 atom stereocenters. The Morgan fingerprint density at radius 2 is 0.837 bits per heavy atom. The monoisotopic (exact) mass is 676 g/mol. The molecule has 6 heteroatoms. The summed E-state index contributed by atoms with van der Waals surface area (Å²) in [6.45, 7) is 0. The number of carbonyl (C=O) groups is 2. The third-order valence-electron chi connectivity index (χ3n) is 8.76. The predicted molar refractivity (Wildman–Crippen MR) is 202 cm³/mol. The van der Waals surface area contributed by atoms with Gasteiger partial charge in [0.05, 0.1) is 5.41 Å². The SMILES string of the molecule is O=C(C=Cc1ccccc1Cl)Nc1ccc(C2(c3ccc(NC(=O)C=Cc4ccccc4Cl)cc3)c3ccccc3-c3ccccc32)cc1. The summed E-state index contributed by atoms with van der Waals surface area (Å²) >= 11 is 12.5. The van der Waals surface area contributed by atoms with Gasteiger partial charge < -0.3 is 10.6 Å². The van der Waals surface area contributed by atoms with Gasteiger partial charge in [-0.2, -0.15) is 0 Å². The fraction of sp³-hybridized carbons (Fsp3) is 0.0233. The molecule has 0 saturated heterocycles. The lowest BCUT2D eigenvalue weighted by atomic mass is 9.67. The smallest absolute Gasteiger partial charge is 0.248 e. The van der Waals surface area contributed by atoms with Gasteiger partial charge in [-0.1, -0.05) is 132 Å². The maximum Gasteiger partial charge on any atom is 0.248 e. The van der Waals surface area contributed by atoms with Crippen LogP contribution in [-0.4, -0.2) is 11.8 Å². The molecule has 7 rings (SSSR count). The van der Waals surface area contributed by atoms with Gasteiger partial charge >= 0.3 is 0 Å². The van der Waals surface area contributed by atoms with Crippen LogP contribution in [0.15, 0.2) is 158 Å². The van der Waals surface area contributed by atoms with Crippen LogP contribution in [0.5, 0.6) is 0 Å². The van der Waals surface area contributed by atoms with Gasteiger partial charge in [0.2, 0.25) is 11.8 Å². The molecule has 1 aliphatic carbocycles. The highest BCUT2D eigenvalue weighted by Crippen LogP contribution is 2.56. The fourth-order valence-corrected chi connectivity index (χ4v) is 6.95. The van der Waals surface area contributed by atoms with Gasteiger partial charge in [0.1, 0.15) is 0 Å². The van der Waals surface area contributed by atoms with Crippen LogP contribution in [0.2, 0.25) is 10.0 Å². The van der Waals surface area contributed by atoms with Crippen LogP contribution >= 0.6 is 23.2 Å². The van der Waals surface area contributed by atoms with Gasteiger partial charge in [0, 0.05) is 33.6 Å². The zero-order chi connectivity index (χ0) is 33.8. The number of fused-ring (bicyclic) bond motifs is 3. The number of anilines is 2. The van der Waals surface area contributed by atoms with E-state index in [1.807, 2.05) is 60.7 Å². The largest absolute Gasteiger partial charge is 0.323 e. The standard InChI is InChI=1S/C43H30Cl2N2O2/c44-39-15-7-1-9-29(39)17-27-41(48)46-33-23-19-31(20-24-33)43(37-13-5-3-11-35(37)36-12-4-6-14-38(36)43)32-21-25-34(26-22-32)47-42(49)28-18-30-10-2-8-16-40(30)45/h1-28H,(H,46,48)(H,47,49). The third-order valence-corrected chi connectivity index (χ3v) is 9.45. The summed E-state index contributed by atoms with van der Waals surface area (Å²) in [5.74, 6) is -0.503. The van der Waals surface area contributed by atoms with Crippen molar-refractivity contribution in [1.29, 1.82) is 0 Å². The second kappa shape index (κ2) is 13.8. The van der Waals surface area contributed by atoms with Gasteiger partial charge in [-0.3, -0.25) is 9.59 Å². The molecule has 2 amide bonds. The minimum Gasteiger partial charge on any atom is -0.323 e. The summed E-state index contributed by atoms with van der Waals surface area (Å²) in [6.07, 6.45) is 6.36. The van der Waals surface area contributed by atoms with Crippen molar-refractivity contribution in [2.24, 2.45) is 0 Å². The van der Waals surface area contributed by atoms with E-state index >= 15 is 0 Å². The first-order valence-corrected chi connectivity index (χ1v) is 16.6. The molecule has 0 spiro atoms. The van der Waals surface area contributed by atoms with E-state index in [1.54, 1.807) is 24.3 Å². The molecule has 238 valence electrons. The number of hydrogen-bond acceptors (Lipinski definition) is 2. The highest BCUT2D eigenvalue weighted by molar-refractivity contribution is 6.32. The molecular formula is C43H30Cl2N2O2. The van der Waals surface area contributed by atoms with Gasteiger partial charge in [-0.05, 0) is 93.1 Å². The summed E-state index contributed by atoms with van der Waals surface area (Å²) in [5.41, 5.74) is 9.03. The molecule has 6 aromatic rings. The molecule has 0 fully saturated rings. The maximum atomic E-state index is 12.8. The Morgan fingerprint density at radius 1 is 0.469 bits per heavy atom. The number of nitrogens with one attached hydrogen (secondary N) is 2. The third kappa shape index (κ3) is 6.32. The zero-order valence-corrected chi connectivity index (χ0v) is 27.8. The van der Waals surface area contributed by atoms with Gasteiger partial charge in [-0.25, -0.2) is 0 Å². The highest BCUT2D eigenvalue weighted by atomic mass is 35.5. The van der Waals surface area contributed by atoms with Gasteiger partial charge in [0.15, 0.2) is 0 Å². The molecule has 0 radical (unpaired) electrons. The Balaban J connectivity index is 1.21. The lowest BCUT2D eigenvalue weighted by Crippen LogP contribution is -2.28. The quantitative estimate of drug-likeness (QED) is 0.157. The van der Waals surface area contributed by atoms with Gasteiger partial charge in [-0.15, -0.1) is 0 Å². The molecule has 2 N–H and O–H groups in total. The average Bonchev–Trinajstić information content (AvgIpc) is 3.43. The van der Waals surface area contributed by atoms with Crippen LogP contribution in [0.1, 0.15) is 33.4 Å². The van der Waals surface area contributed by atoms with Crippen molar-refractivity contribution in [2.45, 2.75) is 5.41 Å². The molecule has 0 saturated carbocycles. The van der Waals surface area contributed by atoms with Crippen LogP contribution in [-0.2, 0) is 15.0 Å². The molecular weight excluding hydrogens is 647 g/mol. The lowest BCUT2D eigenvalue weighted by molar-refractivity contribution is -0.112. The molecule has 49 heavy (non-hydrogen) atoms. The summed E-state index contributed by atoms with van der Waals surface area (Å²) in [5, 5.41) is 7.10. The normalized spacial score (nSPS) is 12.9. The molecule has 0 aliphatic heterocycles. The molecule has 0 bridgehead atoms. The van der Waals surface area contributed by atoms with E-state index in [2.05, 4.69) is 83.4 Å². The second-order valence-corrected chi connectivity index (χ2v) is 12.5. The minimum absolute atomic E-state index is 0.252. The van der Waals surface area contributed by atoms with E-state index < -0.39 is 5.41 Å². The van der Waals surface area contributed by atoms with Crippen molar-refractivity contribution < 1.29 is 9.59 Å². The first-order chi connectivity index (χ1) is 23.9. The van der Waals surface area contributed by atoms with Crippen LogP contribution in [0.3, 0.4) is 0 Å². The maximum absolute atomic E-state index is 12.8. The summed E-state index contributed by atoms with van der Waals surface area (Å²) in [7, 11) is 0.